The summed E-state index contributed by atoms with van der Waals surface area (Å²) in [7, 11) is -9.81. The number of hydrogen-bond acceptors (Lipinski definition) is 14. The number of nitrogens with two attached hydrogens (primary N) is 2. The Morgan fingerprint density at radius 3 is 2.38 bits per heavy atom. The average molecular weight is 463 g/mol. The molecule has 0 saturated carbocycles. The van der Waals surface area contributed by atoms with Gasteiger partial charge in [-0.25, -0.2) is 9.69 Å². The molecule has 0 radical (unpaired) electrons. The van der Waals surface area contributed by atoms with Crippen LogP contribution in [0.5, 0.6) is 0 Å². The average Bonchev–Trinajstić information content (AvgIpc) is 2.98. The Hall–Kier alpha value is -1.23. The Labute approximate surface area is 164 Å². The van der Waals surface area contributed by atoms with Crippen LogP contribution in [-0.2, 0) is 25.2 Å². The third-order valence-electron chi connectivity index (χ3n) is 5.10. The van der Waals surface area contributed by atoms with E-state index in [0.717, 1.165) is 9.62 Å². The van der Waals surface area contributed by atoms with Crippen LogP contribution in [0.4, 0.5) is 4.79 Å². The molecule has 17 nitrogen and oxygen atoms in total. The molecule has 1 spiro atoms. The van der Waals surface area contributed by atoms with Crippen molar-refractivity contribution in [3.05, 3.63) is 0 Å². The molecule has 3 aliphatic heterocycles. The van der Waals surface area contributed by atoms with Crippen LogP contribution in [0.3, 0.4) is 0 Å². The van der Waals surface area contributed by atoms with Crippen LogP contribution >= 0.6 is 0 Å². The zero-order valence-corrected chi connectivity index (χ0v) is 16.1. The lowest BCUT2D eigenvalue weighted by atomic mass is 9.86. The number of hydrogen-bond donors (Lipinski definition) is 10. The molecule has 3 heterocycles. The summed E-state index contributed by atoms with van der Waals surface area (Å²) >= 11 is 0. The van der Waals surface area contributed by atoms with Gasteiger partial charge in [-0.15, -0.1) is 0 Å². The highest BCUT2D eigenvalue weighted by Crippen LogP contribution is 2.45. The minimum Gasteiger partial charge on any atom is -0.447 e. The standard InChI is InChI=1S/C10H21N7O10S2/c11-6-14-5-3(2-27-8(18)16-29(24,25)26)13-7(12)17-1-4(28(21,22)23)10(19,20)9(5,17)15-6/h3-7,13-15,19-20H,1-2,11-12H2,(H,16,18)(H,21,22,23)(H,24,25,26)/t3-,4+,5-,6?,7?,9-/m0/s1. The lowest BCUT2D eigenvalue weighted by molar-refractivity contribution is -0.242. The first kappa shape index (κ1) is 22.5. The SMILES string of the molecule is NC1N[C@H]2[C@H](COC(=O)NS(=O)(=O)O)NC(N)N3C[C@@H](S(=O)(=O)O)C(O)(O)[C@]23N1. The first-order chi connectivity index (χ1) is 13.1. The fraction of sp³-hybridized carbons (Fsp3) is 0.900. The van der Waals surface area contributed by atoms with Crippen LogP contribution in [0.25, 0.3) is 0 Å². The maximum atomic E-state index is 11.7. The summed E-state index contributed by atoms with van der Waals surface area (Å²) in [6.07, 6.45) is -3.85. The Kier molecular flexibility index (Phi) is 5.34. The summed E-state index contributed by atoms with van der Waals surface area (Å²) in [6.45, 7) is -1.20. The quantitative estimate of drug-likeness (QED) is 0.137. The van der Waals surface area contributed by atoms with Crippen molar-refractivity contribution in [2.45, 2.75) is 41.4 Å². The van der Waals surface area contributed by atoms with Crippen LogP contribution in [0.2, 0.25) is 0 Å². The minimum atomic E-state index is -4.94. The minimum absolute atomic E-state index is 0.589. The highest BCUT2D eigenvalue weighted by atomic mass is 32.2. The number of ether oxygens (including phenoxy) is 1. The molecule has 12 N–H and O–H groups in total. The molecule has 0 aromatic heterocycles. The summed E-state index contributed by atoms with van der Waals surface area (Å²) in [5, 5.41) is 27.5. The van der Waals surface area contributed by atoms with Crippen molar-refractivity contribution in [1.82, 2.24) is 25.6 Å². The van der Waals surface area contributed by atoms with Gasteiger partial charge in [0.25, 0.3) is 10.1 Å². The predicted molar refractivity (Wildman–Crippen MR) is 90.9 cm³/mol. The molecule has 2 unspecified atom stereocenters. The van der Waals surface area contributed by atoms with Crippen molar-refractivity contribution in [1.29, 1.82) is 0 Å². The summed E-state index contributed by atoms with van der Waals surface area (Å²) in [6, 6.07) is -2.20. The molecule has 6 atom stereocenters. The Bertz CT molecular complexity index is 897. The smallest absolute Gasteiger partial charge is 0.422 e. The number of carbonyl (C=O) groups is 1. The molecule has 168 valence electrons. The van der Waals surface area contributed by atoms with Gasteiger partial charge in [-0.2, -0.15) is 21.6 Å². The number of rotatable bonds is 4. The van der Waals surface area contributed by atoms with Gasteiger partial charge in [-0.3, -0.25) is 25.1 Å². The van der Waals surface area contributed by atoms with E-state index >= 15 is 0 Å². The molecule has 19 heteroatoms. The third-order valence-corrected chi connectivity index (χ3v) is 6.72. The Balaban J connectivity index is 1.91. The zero-order chi connectivity index (χ0) is 22.0. The zero-order valence-electron chi connectivity index (χ0n) is 14.5. The van der Waals surface area contributed by atoms with Gasteiger partial charge in [-0.05, 0) is 0 Å². The summed E-state index contributed by atoms with van der Waals surface area (Å²) in [5.41, 5.74) is 9.70. The molecule has 0 bridgehead atoms. The van der Waals surface area contributed by atoms with Crippen molar-refractivity contribution in [2.75, 3.05) is 13.2 Å². The van der Waals surface area contributed by atoms with E-state index in [4.69, 9.17) is 20.8 Å². The van der Waals surface area contributed by atoms with Gasteiger partial charge >= 0.3 is 16.4 Å². The van der Waals surface area contributed by atoms with Gasteiger partial charge in [0.2, 0.25) is 5.79 Å². The van der Waals surface area contributed by atoms with E-state index in [-0.39, 0.29) is 0 Å². The van der Waals surface area contributed by atoms with Gasteiger partial charge in [0, 0.05) is 6.54 Å². The molecule has 1 amide bonds. The van der Waals surface area contributed by atoms with Crippen LogP contribution in [-0.4, -0.2) is 102 Å². The topological polar surface area (TPSA) is 279 Å². The van der Waals surface area contributed by atoms with Crippen LogP contribution in [0, 0.1) is 0 Å². The van der Waals surface area contributed by atoms with E-state index in [9.17, 15) is 36.4 Å². The molecular weight excluding hydrogens is 442 g/mol. The van der Waals surface area contributed by atoms with E-state index in [2.05, 4.69) is 16.0 Å². The Morgan fingerprint density at radius 1 is 1.21 bits per heavy atom. The normalized spacial score (nSPS) is 39.6. The fourth-order valence-electron chi connectivity index (χ4n) is 4.08. The van der Waals surface area contributed by atoms with Crippen LogP contribution < -0.4 is 32.1 Å². The lowest BCUT2D eigenvalue weighted by Crippen LogP contribution is -2.83. The first-order valence-electron chi connectivity index (χ1n) is 8.00. The fourth-order valence-corrected chi connectivity index (χ4v) is 5.29. The molecule has 3 rings (SSSR count). The first-order valence-corrected chi connectivity index (χ1v) is 10.9. The van der Waals surface area contributed by atoms with E-state index in [1.165, 1.54) is 0 Å². The second kappa shape index (κ2) is 6.90. The lowest BCUT2D eigenvalue weighted by Gasteiger charge is -2.53. The largest absolute Gasteiger partial charge is 0.447 e. The van der Waals surface area contributed by atoms with Gasteiger partial charge in [-0.1, -0.05) is 0 Å². The summed E-state index contributed by atoms with van der Waals surface area (Å²) in [5.74, 6) is -3.10. The van der Waals surface area contributed by atoms with E-state index < -0.39 is 81.0 Å². The van der Waals surface area contributed by atoms with Gasteiger partial charge in [0.15, 0.2) is 5.25 Å². The number of amides is 1. The maximum absolute atomic E-state index is 11.7. The number of nitrogens with one attached hydrogen (secondary N) is 4. The molecule has 3 saturated heterocycles. The molecule has 3 fully saturated rings. The van der Waals surface area contributed by atoms with Crippen molar-refractivity contribution in [3.8, 4) is 0 Å². The van der Waals surface area contributed by atoms with Crippen molar-refractivity contribution < 1.29 is 45.7 Å². The number of aliphatic hydroxyl groups is 2. The highest BCUT2D eigenvalue weighted by Gasteiger charge is 2.76. The van der Waals surface area contributed by atoms with Crippen molar-refractivity contribution >= 4 is 26.5 Å². The van der Waals surface area contributed by atoms with E-state index in [1.807, 2.05) is 0 Å². The molecule has 0 aromatic carbocycles. The number of carbonyl (C=O) groups excluding carboxylic acids is 1. The van der Waals surface area contributed by atoms with Crippen molar-refractivity contribution in [3.63, 3.8) is 0 Å². The summed E-state index contributed by atoms with van der Waals surface area (Å²) < 4.78 is 68.6. The molecular formula is C10H21N7O10S2. The van der Waals surface area contributed by atoms with E-state index in [0.29, 0.717) is 0 Å². The second-order valence-electron chi connectivity index (χ2n) is 6.81. The molecule has 0 aliphatic carbocycles. The molecule has 0 aromatic rings. The predicted octanol–water partition coefficient (Wildman–Crippen LogP) is -6.52. The maximum Gasteiger partial charge on any atom is 0.422 e. The molecule has 3 aliphatic rings. The van der Waals surface area contributed by atoms with Crippen LogP contribution in [0.15, 0.2) is 0 Å². The van der Waals surface area contributed by atoms with E-state index in [1.54, 1.807) is 0 Å². The van der Waals surface area contributed by atoms with Gasteiger partial charge in [0.05, 0.1) is 12.1 Å². The Morgan fingerprint density at radius 2 is 1.83 bits per heavy atom. The second-order valence-corrected chi connectivity index (χ2v) is 9.56. The van der Waals surface area contributed by atoms with Crippen molar-refractivity contribution in [2.24, 2.45) is 11.5 Å². The molecule has 29 heavy (non-hydrogen) atoms. The third kappa shape index (κ3) is 3.68. The monoisotopic (exact) mass is 463 g/mol. The summed E-state index contributed by atoms with van der Waals surface area (Å²) in [4.78, 5) is 12.6. The van der Waals surface area contributed by atoms with Gasteiger partial charge < -0.3 is 26.4 Å². The van der Waals surface area contributed by atoms with Gasteiger partial charge in [0.1, 0.15) is 24.8 Å². The number of nitrogens with zero attached hydrogens (tertiary/aromatic N) is 1. The highest BCUT2D eigenvalue weighted by molar-refractivity contribution is 7.86. The van der Waals surface area contributed by atoms with Crippen LogP contribution in [0.1, 0.15) is 0 Å².